The topological polar surface area (TPSA) is 54.7 Å². The van der Waals surface area contributed by atoms with E-state index in [1.165, 1.54) is 11.3 Å². The Hall–Kier alpha value is -0.830. The summed E-state index contributed by atoms with van der Waals surface area (Å²) in [6, 6.07) is 0.352. The lowest BCUT2D eigenvalue weighted by Crippen LogP contribution is -2.27. The third-order valence-electron chi connectivity index (χ3n) is 2.05. The van der Waals surface area contributed by atoms with Crippen molar-refractivity contribution in [2.45, 2.75) is 25.3 Å². The summed E-state index contributed by atoms with van der Waals surface area (Å²) in [6.07, 6.45) is 5.03. The van der Waals surface area contributed by atoms with Gasteiger partial charge in [-0.1, -0.05) is 0 Å². The summed E-state index contributed by atoms with van der Waals surface area (Å²) >= 11 is 0. The molecule has 3 N–H and O–H groups in total. The van der Waals surface area contributed by atoms with E-state index >= 15 is 0 Å². The van der Waals surface area contributed by atoms with Crippen LogP contribution in [0, 0.1) is 0 Å². The summed E-state index contributed by atoms with van der Waals surface area (Å²) in [4.78, 5) is 0. The minimum Gasteiger partial charge on any atom is -0.327 e. The van der Waals surface area contributed by atoms with E-state index < -0.39 is 0 Å². The van der Waals surface area contributed by atoms with Crippen LogP contribution in [0.15, 0.2) is 6.20 Å². The second-order valence-electron chi connectivity index (χ2n) is 2.88. The van der Waals surface area contributed by atoms with Gasteiger partial charge in [-0.05, 0) is 24.8 Å². The molecule has 3 nitrogen and oxygen atoms in total. The first kappa shape index (κ1) is 5.92. The number of hydrogen-bond acceptors (Lipinski definition) is 2. The molecule has 0 unspecified atom stereocenters. The third-order valence-corrected chi connectivity index (χ3v) is 2.05. The average molecular weight is 137 g/mol. The van der Waals surface area contributed by atoms with Crippen LogP contribution < -0.4 is 5.73 Å². The van der Waals surface area contributed by atoms with Gasteiger partial charge in [-0.2, -0.15) is 5.10 Å². The van der Waals surface area contributed by atoms with Crippen molar-refractivity contribution < 1.29 is 0 Å². The molecule has 0 saturated carbocycles. The molecule has 1 aromatic rings. The van der Waals surface area contributed by atoms with Crippen molar-refractivity contribution in [2.75, 3.05) is 0 Å². The van der Waals surface area contributed by atoms with Gasteiger partial charge in [0.15, 0.2) is 0 Å². The van der Waals surface area contributed by atoms with Crippen molar-refractivity contribution in [3.63, 3.8) is 0 Å². The molecule has 0 radical (unpaired) electrons. The van der Waals surface area contributed by atoms with Crippen molar-refractivity contribution in [3.05, 3.63) is 17.5 Å². The molecule has 0 aliphatic heterocycles. The largest absolute Gasteiger partial charge is 0.327 e. The number of aryl methyl sites for hydroxylation is 1. The quantitative estimate of drug-likeness (QED) is 0.537. The van der Waals surface area contributed by atoms with Crippen LogP contribution in [0.1, 0.15) is 17.7 Å². The number of nitrogens with one attached hydrogen (secondary N) is 1. The molecule has 0 bridgehead atoms. The molecule has 0 fully saturated rings. The van der Waals surface area contributed by atoms with Gasteiger partial charge in [-0.15, -0.1) is 0 Å². The SMILES string of the molecule is N[C@H]1CCc2[nH]ncc2C1. The fourth-order valence-corrected chi connectivity index (χ4v) is 1.44. The maximum atomic E-state index is 5.77. The number of fused-ring (bicyclic) bond motifs is 1. The highest BCUT2D eigenvalue weighted by molar-refractivity contribution is 5.20. The van der Waals surface area contributed by atoms with Crippen LogP contribution in [0.3, 0.4) is 0 Å². The number of nitrogens with zero attached hydrogens (tertiary/aromatic N) is 1. The molecule has 0 spiro atoms. The maximum Gasteiger partial charge on any atom is 0.0522 e. The van der Waals surface area contributed by atoms with E-state index in [1.54, 1.807) is 0 Å². The second-order valence-corrected chi connectivity index (χ2v) is 2.88. The molecule has 1 atom stereocenters. The molecule has 1 aromatic heterocycles. The molecule has 0 aromatic carbocycles. The highest BCUT2D eigenvalue weighted by Crippen LogP contribution is 2.16. The fraction of sp³-hybridized carbons (Fsp3) is 0.571. The summed E-state index contributed by atoms with van der Waals surface area (Å²) in [6.45, 7) is 0. The van der Waals surface area contributed by atoms with Gasteiger partial charge in [0.2, 0.25) is 0 Å². The van der Waals surface area contributed by atoms with E-state index in [4.69, 9.17) is 5.73 Å². The Morgan fingerprint density at radius 3 is 3.50 bits per heavy atom. The number of rotatable bonds is 0. The highest BCUT2D eigenvalue weighted by Gasteiger charge is 2.15. The van der Waals surface area contributed by atoms with Crippen molar-refractivity contribution >= 4 is 0 Å². The molecule has 0 saturated heterocycles. The summed E-state index contributed by atoms with van der Waals surface area (Å²) in [7, 11) is 0. The van der Waals surface area contributed by atoms with Gasteiger partial charge in [0.1, 0.15) is 0 Å². The minimum atomic E-state index is 0.352. The maximum absolute atomic E-state index is 5.77. The molecule has 10 heavy (non-hydrogen) atoms. The number of aromatic nitrogens is 2. The van der Waals surface area contributed by atoms with Crippen LogP contribution >= 0.6 is 0 Å². The Bertz CT molecular complexity index is 229. The number of aromatic amines is 1. The monoisotopic (exact) mass is 137 g/mol. The zero-order valence-electron chi connectivity index (χ0n) is 5.80. The number of hydrogen-bond donors (Lipinski definition) is 2. The Labute approximate surface area is 59.6 Å². The van der Waals surface area contributed by atoms with Crippen LogP contribution in [0.5, 0.6) is 0 Å². The summed E-state index contributed by atoms with van der Waals surface area (Å²) < 4.78 is 0. The van der Waals surface area contributed by atoms with Crippen LogP contribution in [0.25, 0.3) is 0 Å². The minimum absolute atomic E-state index is 0.352. The Morgan fingerprint density at radius 1 is 1.70 bits per heavy atom. The van der Waals surface area contributed by atoms with Gasteiger partial charge in [0.05, 0.1) is 6.20 Å². The Morgan fingerprint density at radius 2 is 2.60 bits per heavy atom. The summed E-state index contributed by atoms with van der Waals surface area (Å²) in [5.74, 6) is 0. The molecular weight excluding hydrogens is 126 g/mol. The van der Waals surface area contributed by atoms with E-state index in [0.717, 1.165) is 19.3 Å². The molecule has 1 heterocycles. The van der Waals surface area contributed by atoms with E-state index in [-0.39, 0.29) is 0 Å². The zero-order chi connectivity index (χ0) is 6.97. The first-order chi connectivity index (χ1) is 4.86. The third kappa shape index (κ3) is 0.827. The van der Waals surface area contributed by atoms with Crippen molar-refractivity contribution in [1.29, 1.82) is 0 Å². The van der Waals surface area contributed by atoms with E-state index in [0.29, 0.717) is 6.04 Å². The lowest BCUT2D eigenvalue weighted by atomic mass is 9.94. The zero-order valence-corrected chi connectivity index (χ0v) is 5.80. The Kier molecular flexibility index (Phi) is 1.24. The second kappa shape index (κ2) is 2.09. The molecule has 54 valence electrons. The van der Waals surface area contributed by atoms with Crippen LogP contribution in [-0.4, -0.2) is 16.2 Å². The lowest BCUT2D eigenvalue weighted by Gasteiger charge is -2.16. The first-order valence-corrected chi connectivity index (χ1v) is 3.63. The predicted molar refractivity (Wildman–Crippen MR) is 38.6 cm³/mol. The standard InChI is InChI=1S/C7H11N3/c8-6-1-2-7-5(3-6)4-9-10-7/h4,6H,1-3,8H2,(H,9,10)/t6-/m0/s1. The fourth-order valence-electron chi connectivity index (χ4n) is 1.44. The van der Waals surface area contributed by atoms with Crippen molar-refractivity contribution in [1.82, 2.24) is 10.2 Å². The smallest absolute Gasteiger partial charge is 0.0522 e. The highest BCUT2D eigenvalue weighted by atomic mass is 15.1. The van der Waals surface area contributed by atoms with Gasteiger partial charge in [0.25, 0.3) is 0 Å². The molecule has 3 heteroatoms. The summed E-state index contributed by atoms with van der Waals surface area (Å²) in [5.41, 5.74) is 8.35. The summed E-state index contributed by atoms with van der Waals surface area (Å²) in [5, 5.41) is 6.93. The van der Waals surface area contributed by atoms with Gasteiger partial charge < -0.3 is 5.73 Å². The predicted octanol–water partition coefficient (Wildman–Crippen LogP) is 0.226. The molecule has 1 aliphatic rings. The number of H-pyrrole nitrogens is 1. The molecule has 0 amide bonds. The van der Waals surface area contributed by atoms with Crippen molar-refractivity contribution in [3.8, 4) is 0 Å². The van der Waals surface area contributed by atoms with Gasteiger partial charge >= 0.3 is 0 Å². The molecule has 1 aliphatic carbocycles. The van der Waals surface area contributed by atoms with Gasteiger partial charge in [0, 0.05) is 11.7 Å². The van der Waals surface area contributed by atoms with Gasteiger partial charge in [-0.25, -0.2) is 0 Å². The molecular formula is C7H11N3. The van der Waals surface area contributed by atoms with Gasteiger partial charge in [-0.3, -0.25) is 5.10 Å². The van der Waals surface area contributed by atoms with E-state index in [2.05, 4.69) is 10.2 Å². The average Bonchev–Trinajstić information content (AvgIpc) is 2.33. The Balaban J connectivity index is 2.30. The van der Waals surface area contributed by atoms with Crippen molar-refractivity contribution in [2.24, 2.45) is 5.73 Å². The number of nitrogens with two attached hydrogens (primary N) is 1. The van der Waals surface area contributed by atoms with E-state index in [9.17, 15) is 0 Å². The first-order valence-electron chi connectivity index (χ1n) is 3.63. The van der Waals surface area contributed by atoms with Crippen LogP contribution in [0.4, 0.5) is 0 Å². The van der Waals surface area contributed by atoms with Crippen LogP contribution in [0.2, 0.25) is 0 Å². The normalized spacial score (nSPS) is 24.3. The lowest BCUT2D eigenvalue weighted by molar-refractivity contribution is 0.571. The van der Waals surface area contributed by atoms with Crippen LogP contribution in [-0.2, 0) is 12.8 Å². The molecule has 2 rings (SSSR count). The van der Waals surface area contributed by atoms with E-state index in [1.807, 2.05) is 6.20 Å².